The average molecular weight is 325 g/mol. The maximum Gasteiger partial charge on any atom is 0.416 e. The van der Waals surface area contributed by atoms with E-state index in [0.717, 1.165) is 32.2 Å². The summed E-state index contributed by atoms with van der Waals surface area (Å²) in [7, 11) is -3.21. The minimum atomic E-state index is -4.66. The van der Waals surface area contributed by atoms with Gasteiger partial charge in [-0.1, -0.05) is 6.07 Å². The van der Waals surface area contributed by atoms with Gasteiger partial charge in [0.15, 0.2) is 0 Å². The minimum absolute atomic E-state index is 0.436. The number of carbonyl (C=O) groups is 1. The molecule has 1 rings (SSSR count). The SMILES string of the molecule is COC(=O)C(C)NS(=O)(=O)c1cccc(C(F)(F)F)c1C. The van der Waals surface area contributed by atoms with Gasteiger partial charge in [0.2, 0.25) is 10.0 Å². The van der Waals surface area contributed by atoms with Gasteiger partial charge in [0.1, 0.15) is 6.04 Å². The van der Waals surface area contributed by atoms with Crippen LogP contribution in [0.3, 0.4) is 0 Å². The Morgan fingerprint density at radius 2 is 1.90 bits per heavy atom. The van der Waals surface area contributed by atoms with Gasteiger partial charge in [-0.05, 0) is 31.5 Å². The summed E-state index contributed by atoms with van der Waals surface area (Å²) in [6.45, 7) is 2.28. The van der Waals surface area contributed by atoms with E-state index in [2.05, 4.69) is 4.74 Å². The number of alkyl halides is 3. The number of esters is 1. The van der Waals surface area contributed by atoms with Gasteiger partial charge in [-0.15, -0.1) is 0 Å². The van der Waals surface area contributed by atoms with Crippen molar-refractivity contribution < 1.29 is 31.1 Å². The zero-order chi connectivity index (χ0) is 16.4. The van der Waals surface area contributed by atoms with Crippen molar-refractivity contribution in [3.05, 3.63) is 29.3 Å². The first-order valence-electron chi connectivity index (χ1n) is 5.77. The third-order valence-corrected chi connectivity index (χ3v) is 4.45. The molecule has 9 heteroatoms. The molecule has 0 saturated heterocycles. The average Bonchev–Trinajstić information content (AvgIpc) is 2.35. The highest BCUT2D eigenvalue weighted by Crippen LogP contribution is 2.34. The van der Waals surface area contributed by atoms with Crippen molar-refractivity contribution in [3.8, 4) is 0 Å². The Hall–Kier alpha value is -1.61. The molecule has 0 fully saturated rings. The fourth-order valence-corrected chi connectivity index (χ4v) is 3.19. The summed E-state index contributed by atoms with van der Waals surface area (Å²) in [6.07, 6.45) is -4.66. The minimum Gasteiger partial charge on any atom is -0.468 e. The van der Waals surface area contributed by atoms with E-state index in [1.807, 2.05) is 4.72 Å². The number of hydrogen-bond donors (Lipinski definition) is 1. The second-order valence-electron chi connectivity index (χ2n) is 4.29. The summed E-state index contributed by atoms with van der Waals surface area (Å²) in [5.74, 6) is -0.844. The van der Waals surface area contributed by atoms with Crippen molar-refractivity contribution in [2.24, 2.45) is 0 Å². The van der Waals surface area contributed by atoms with Crippen molar-refractivity contribution in [3.63, 3.8) is 0 Å². The summed E-state index contributed by atoms with van der Waals surface area (Å²) in [5, 5.41) is 0. The molecule has 1 aromatic rings. The summed E-state index contributed by atoms with van der Waals surface area (Å²) in [4.78, 5) is 10.7. The second-order valence-corrected chi connectivity index (χ2v) is 5.98. The van der Waals surface area contributed by atoms with Crippen LogP contribution in [0, 0.1) is 6.92 Å². The highest BCUT2D eigenvalue weighted by atomic mass is 32.2. The standard InChI is InChI=1S/C12H14F3NO4S/c1-7-9(12(13,14)15)5-4-6-10(7)21(18,19)16-8(2)11(17)20-3/h4-6,8,16H,1-3H3. The monoisotopic (exact) mass is 325 g/mol. The van der Waals surface area contributed by atoms with E-state index in [1.165, 1.54) is 6.92 Å². The molecule has 0 saturated carbocycles. The molecular formula is C12H14F3NO4S. The molecule has 0 aliphatic heterocycles. The van der Waals surface area contributed by atoms with E-state index in [4.69, 9.17) is 0 Å². The Kier molecular flexibility index (Phi) is 5.00. The topological polar surface area (TPSA) is 72.5 Å². The van der Waals surface area contributed by atoms with Gasteiger partial charge in [0, 0.05) is 0 Å². The molecule has 1 N–H and O–H groups in total. The predicted molar refractivity (Wildman–Crippen MR) is 68.0 cm³/mol. The lowest BCUT2D eigenvalue weighted by atomic mass is 10.1. The summed E-state index contributed by atoms with van der Waals surface area (Å²) in [5.41, 5.74) is -1.48. The summed E-state index contributed by atoms with van der Waals surface area (Å²) < 4.78 is 68.8. The van der Waals surface area contributed by atoms with Gasteiger partial charge in [0.25, 0.3) is 0 Å². The number of rotatable bonds is 4. The molecule has 21 heavy (non-hydrogen) atoms. The van der Waals surface area contributed by atoms with Crippen LogP contribution in [0.5, 0.6) is 0 Å². The number of ether oxygens (including phenoxy) is 1. The molecule has 118 valence electrons. The molecule has 0 radical (unpaired) electrons. The fourth-order valence-electron chi connectivity index (χ4n) is 1.73. The van der Waals surface area contributed by atoms with Gasteiger partial charge in [0.05, 0.1) is 17.6 Å². The van der Waals surface area contributed by atoms with Crippen molar-refractivity contribution in [2.75, 3.05) is 7.11 Å². The van der Waals surface area contributed by atoms with Gasteiger partial charge in [-0.3, -0.25) is 4.79 Å². The molecule has 1 unspecified atom stereocenters. The maximum absolute atomic E-state index is 12.8. The van der Waals surface area contributed by atoms with Crippen LogP contribution in [0.25, 0.3) is 0 Å². The van der Waals surface area contributed by atoms with Crippen LogP contribution in [-0.4, -0.2) is 27.5 Å². The van der Waals surface area contributed by atoms with Crippen LogP contribution in [0.15, 0.2) is 23.1 Å². The van der Waals surface area contributed by atoms with E-state index in [-0.39, 0.29) is 0 Å². The maximum atomic E-state index is 12.8. The van der Waals surface area contributed by atoms with Crippen LogP contribution >= 0.6 is 0 Å². The molecule has 0 bridgehead atoms. The molecule has 0 aliphatic rings. The summed E-state index contributed by atoms with van der Waals surface area (Å²) >= 11 is 0. The highest BCUT2D eigenvalue weighted by Gasteiger charge is 2.35. The first-order chi connectivity index (χ1) is 9.50. The Labute approximate surface area is 120 Å². The Morgan fingerprint density at radius 1 is 1.33 bits per heavy atom. The number of benzene rings is 1. The predicted octanol–water partition coefficient (Wildman–Crippen LogP) is 1.85. The van der Waals surface area contributed by atoms with Crippen LogP contribution in [0.2, 0.25) is 0 Å². The molecule has 5 nitrogen and oxygen atoms in total. The van der Waals surface area contributed by atoms with Crippen LogP contribution in [0.1, 0.15) is 18.1 Å². The summed E-state index contributed by atoms with van der Waals surface area (Å²) in [6, 6.07) is 1.61. The lowest BCUT2D eigenvalue weighted by molar-refractivity contribution is -0.142. The molecule has 1 aromatic carbocycles. The lowest BCUT2D eigenvalue weighted by Crippen LogP contribution is -2.39. The van der Waals surface area contributed by atoms with Crippen molar-refractivity contribution >= 4 is 16.0 Å². The van der Waals surface area contributed by atoms with E-state index in [0.29, 0.717) is 0 Å². The number of sulfonamides is 1. The number of carbonyl (C=O) groups excluding carboxylic acids is 1. The Morgan fingerprint density at radius 3 is 2.38 bits per heavy atom. The fraction of sp³-hybridized carbons (Fsp3) is 0.417. The molecule has 0 aliphatic carbocycles. The third-order valence-electron chi connectivity index (χ3n) is 2.77. The molecule has 1 atom stereocenters. The van der Waals surface area contributed by atoms with E-state index in [1.54, 1.807) is 0 Å². The van der Waals surface area contributed by atoms with Crippen molar-refractivity contribution in [1.29, 1.82) is 0 Å². The molecule has 0 spiro atoms. The normalized spacial score (nSPS) is 13.8. The highest BCUT2D eigenvalue weighted by molar-refractivity contribution is 7.89. The number of methoxy groups -OCH3 is 1. The zero-order valence-corrected chi connectivity index (χ0v) is 12.3. The quantitative estimate of drug-likeness (QED) is 0.858. The lowest BCUT2D eigenvalue weighted by Gasteiger charge is -2.16. The van der Waals surface area contributed by atoms with Crippen LogP contribution < -0.4 is 4.72 Å². The molecular weight excluding hydrogens is 311 g/mol. The van der Waals surface area contributed by atoms with Gasteiger partial charge in [-0.2, -0.15) is 17.9 Å². The first kappa shape index (κ1) is 17.4. The van der Waals surface area contributed by atoms with Gasteiger partial charge in [-0.25, -0.2) is 8.42 Å². The molecule has 0 heterocycles. The second kappa shape index (κ2) is 6.02. The van der Waals surface area contributed by atoms with E-state index in [9.17, 15) is 26.4 Å². The number of hydrogen-bond acceptors (Lipinski definition) is 4. The Balaban J connectivity index is 3.25. The van der Waals surface area contributed by atoms with Crippen LogP contribution in [-0.2, 0) is 25.7 Å². The van der Waals surface area contributed by atoms with Crippen molar-refractivity contribution in [1.82, 2.24) is 4.72 Å². The van der Waals surface area contributed by atoms with Gasteiger partial charge >= 0.3 is 12.1 Å². The molecule has 0 aromatic heterocycles. The van der Waals surface area contributed by atoms with E-state index < -0.39 is 44.2 Å². The smallest absolute Gasteiger partial charge is 0.416 e. The van der Waals surface area contributed by atoms with Crippen LogP contribution in [0.4, 0.5) is 13.2 Å². The Bertz CT molecular complexity index is 640. The zero-order valence-electron chi connectivity index (χ0n) is 11.5. The van der Waals surface area contributed by atoms with Crippen molar-refractivity contribution in [2.45, 2.75) is 31.0 Å². The molecule has 0 amide bonds. The number of halogens is 3. The largest absolute Gasteiger partial charge is 0.468 e. The number of nitrogens with one attached hydrogen (secondary N) is 1. The third kappa shape index (κ3) is 3.94. The first-order valence-corrected chi connectivity index (χ1v) is 7.26. The van der Waals surface area contributed by atoms with Gasteiger partial charge < -0.3 is 4.74 Å². The van der Waals surface area contributed by atoms with E-state index >= 15 is 0 Å².